The Morgan fingerprint density at radius 2 is 1.38 bits per heavy atom. The molecule has 0 aliphatic carbocycles. The van der Waals surface area contributed by atoms with Crippen molar-refractivity contribution in [2.45, 2.75) is 0 Å². The van der Waals surface area contributed by atoms with Gasteiger partial charge < -0.3 is 29.2 Å². The second kappa shape index (κ2) is 10.3. The zero-order valence-corrected chi connectivity index (χ0v) is 16.0. The molecule has 0 aliphatic rings. The third kappa shape index (κ3) is 5.73. The summed E-state index contributed by atoms with van der Waals surface area (Å²) in [5.41, 5.74) is -0.824. The van der Waals surface area contributed by atoms with E-state index >= 15 is 0 Å². The summed E-state index contributed by atoms with van der Waals surface area (Å²) in [5, 5.41) is 29.3. The van der Waals surface area contributed by atoms with E-state index in [9.17, 15) is 29.9 Å². The summed E-state index contributed by atoms with van der Waals surface area (Å²) in [6, 6.07) is 6.53. The molecule has 0 heterocycles. The molecular weight excluding hydrogens is 390 g/mol. The number of hydrogen-bond acceptors (Lipinski definition) is 10. The molecule has 0 aromatic heterocycles. The fourth-order valence-electron chi connectivity index (χ4n) is 2.03. The SMILES string of the molecule is COC(=O)c1cc(OC)cc([N+](=O)[O-])c1O.COC(=O)c1cc(OC)ccc1O. The smallest absolute Gasteiger partial charge is 0.342 e. The summed E-state index contributed by atoms with van der Waals surface area (Å²) >= 11 is 0. The van der Waals surface area contributed by atoms with Crippen molar-refractivity contribution < 1.29 is 43.7 Å². The Hall–Kier alpha value is -4.02. The monoisotopic (exact) mass is 409 g/mol. The van der Waals surface area contributed by atoms with Crippen molar-refractivity contribution in [3.05, 3.63) is 51.6 Å². The lowest BCUT2D eigenvalue weighted by Gasteiger charge is -2.06. The molecule has 0 bridgehead atoms. The van der Waals surface area contributed by atoms with Crippen LogP contribution in [0.25, 0.3) is 0 Å². The van der Waals surface area contributed by atoms with Crippen molar-refractivity contribution in [3.63, 3.8) is 0 Å². The van der Waals surface area contributed by atoms with Gasteiger partial charge in [-0.05, 0) is 24.3 Å². The van der Waals surface area contributed by atoms with Crippen molar-refractivity contribution in [2.75, 3.05) is 28.4 Å². The maximum absolute atomic E-state index is 11.2. The van der Waals surface area contributed by atoms with Gasteiger partial charge in [0.1, 0.15) is 28.4 Å². The Morgan fingerprint density at radius 1 is 0.862 bits per heavy atom. The van der Waals surface area contributed by atoms with E-state index in [-0.39, 0.29) is 22.6 Å². The molecule has 2 rings (SSSR count). The quantitative estimate of drug-likeness (QED) is 0.427. The molecule has 0 atom stereocenters. The van der Waals surface area contributed by atoms with E-state index in [0.717, 1.165) is 19.2 Å². The lowest BCUT2D eigenvalue weighted by Crippen LogP contribution is -2.04. The van der Waals surface area contributed by atoms with Gasteiger partial charge in [-0.15, -0.1) is 0 Å². The van der Waals surface area contributed by atoms with E-state index in [1.165, 1.54) is 33.5 Å². The number of phenols is 2. The first-order chi connectivity index (χ1) is 13.7. The fourth-order valence-corrected chi connectivity index (χ4v) is 2.03. The van der Waals surface area contributed by atoms with Crippen LogP contribution in [-0.2, 0) is 9.47 Å². The number of phenolic OH excluding ortho intramolecular Hbond substituents is 2. The molecule has 29 heavy (non-hydrogen) atoms. The number of aromatic hydroxyl groups is 2. The van der Waals surface area contributed by atoms with Gasteiger partial charge in [-0.2, -0.15) is 0 Å². The molecule has 0 saturated heterocycles. The van der Waals surface area contributed by atoms with Gasteiger partial charge in [0.2, 0.25) is 5.75 Å². The second-order valence-corrected chi connectivity index (χ2v) is 5.17. The summed E-state index contributed by atoms with van der Waals surface area (Å²) in [6.45, 7) is 0. The zero-order chi connectivity index (χ0) is 22.1. The summed E-state index contributed by atoms with van der Waals surface area (Å²) in [6.07, 6.45) is 0. The molecule has 2 N–H and O–H groups in total. The molecule has 0 radical (unpaired) electrons. The largest absolute Gasteiger partial charge is 0.507 e. The first kappa shape index (κ1) is 23.0. The summed E-state index contributed by atoms with van der Waals surface area (Å²) in [4.78, 5) is 32.1. The molecule has 0 unspecified atom stereocenters. The maximum Gasteiger partial charge on any atom is 0.342 e. The molecule has 0 aliphatic heterocycles. The summed E-state index contributed by atoms with van der Waals surface area (Å²) < 4.78 is 18.5. The van der Waals surface area contributed by atoms with E-state index in [4.69, 9.17) is 9.47 Å². The van der Waals surface area contributed by atoms with Crippen molar-refractivity contribution in [2.24, 2.45) is 0 Å². The Kier molecular flexibility index (Phi) is 8.22. The lowest BCUT2D eigenvalue weighted by molar-refractivity contribution is -0.386. The minimum atomic E-state index is -0.875. The van der Waals surface area contributed by atoms with Crippen LogP contribution in [0.4, 0.5) is 5.69 Å². The van der Waals surface area contributed by atoms with Gasteiger partial charge in [0.25, 0.3) is 0 Å². The van der Waals surface area contributed by atoms with Crippen LogP contribution in [0.2, 0.25) is 0 Å². The summed E-state index contributed by atoms with van der Waals surface area (Å²) in [5.74, 6) is -1.73. The molecule has 11 nitrogen and oxygen atoms in total. The van der Waals surface area contributed by atoms with Gasteiger partial charge >= 0.3 is 17.6 Å². The molecule has 2 aromatic rings. The molecule has 0 saturated carbocycles. The van der Waals surface area contributed by atoms with E-state index in [1.54, 1.807) is 6.07 Å². The van der Waals surface area contributed by atoms with Crippen LogP contribution in [0.15, 0.2) is 30.3 Å². The van der Waals surface area contributed by atoms with E-state index < -0.39 is 28.3 Å². The predicted molar refractivity (Wildman–Crippen MR) is 98.7 cm³/mol. The van der Waals surface area contributed by atoms with Gasteiger partial charge in [-0.25, -0.2) is 9.59 Å². The van der Waals surface area contributed by atoms with Crippen LogP contribution >= 0.6 is 0 Å². The number of nitrogens with zero attached hydrogens (tertiary/aromatic N) is 1. The van der Waals surface area contributed by atoms with E-state index in [1.807, 2.05) is 0 Å². The fraction of sp³-hybridized carbons (Fsp3) is 0.222. The van der Waals surface area contributed by atoms with Gasteiger partial charge in [-0.1, -0.05) is 0 Å². The topological polar surface area (TPSA) is 155 Å². The van der Waals surface area contributed by atoms with Crippen LogP contribution in [0.3, 0.4) is 0 Å². The molecule has 2 aromatic carbocycles. The Bertz CT molecular complexity index is 910. The minimum absolute atomic E-state index is 0.0879. The number of methoxy groups -OCH3 is 4. The third-order valence-electron chi connectivity index (χ3n) is 3.51. The highest BCUT2D eigenvalue weighted by Gasteiger charge is 2.24. The highest BCUT2D eigenvalue weighted by molar-refractivity contribution is 5.94. The van der Waals surface area contributed by atoms with Crippen LogP contribution in [0.1, 0.15) is 20.7 Å². The molecule has 156 valence electrons. The van der Waals surface area contributed by atoms with Gasteiger partial charge in [0.15, 0.2) is 0 Å². The molecular formula is C18H19NO10. The van der Waals surface area contributed by atoms with Crippen molar-refractivity contribution >= 4 is 17.6 Å². The Morgan fingerprint density at radius 3 is 1.86 bits per heavy atom. The van der Waals surface area contributed by atoms with Crippen molar-refractivity contribution in [1.82, 2.24) is 0 Å². The predicted octanol–water partition coefficient (Wildman–Crippen LogP) is 2.28. The normalized spacial score (nSPS) is 9.52. The zero-order valence-electron chi connectivity index (χ0n) is 16.0. The van der Waals surface area contributed by atoms with Crippen LogP contribution in [0.5, 0.6) is 23.0 Å². The Labute approximate surface area is 165 Å². The number of hydrogen-bond donors (Lipinski definition) is 2. The lowest BCUT2D eigenvalue weighted by atomic mass is 10.1. The number of nitro benzene ring substituents is 1. The maximum atomic E-state index is 11.2. The highest BCUT2D eigenvalue weighted by atomic mass is 16.6. The molecule has 0 fully saturated rings. The standard InChI is InChI=1S/C9H9NO6.C9H10O4/c1-15-5-3-6(9(12)16-2)8(11)7(4-5)10(13)14;1-12-6-3-4-8(10)7(5-6)9(11)13-2/h3-4,11H,1-2H3;3-5,10H,1-2H3. The van der Waals surface area contributed by atoms with Crippen molar-refractivity contribution in [1.29, 1.82) is 0 Å². The highest BCUT2D eigenvalue weighted by Crippen LogP contribution is 2.34. The average Bonchev–Trinajstić information content (AvgIpc) is 2.73. The molecule has 0 spiro atoms. The molecule has 0 amide bonds. The number of carbonyl (C=O) groups excluding carboxylic acids is 2. The number of rotatable bonds is 5. The van der Waals surface area contributed by atoms with Gasteiger partial charge in [0.05, 0.1) is 39.4 Å². The number of benzene rings is 2. The van der Waals surface area contributed by atoms with E-state index in [2.05, 4.69) is 9.47 Å². The molecule has 11 heteroatoms. The minimum Gasteiger partial charge on any atom is -0.507 e. The number of nitro groups is 1. The number of esters is 2. The summed E-state index contributed by atoms with van der Waals surface area (Å²) in [7, 11) is 5.12. The van der Waals surface area contributed by atoms with E-state index in [0.29, 0.717) is 5.75 Å². The second-order valence-electron chi connectivity index (χ2n) is 5.17. The first-order valence-electron chi connectivity index (χ1n) is 7.79. The first-order valence-corrected chi connectivity index (χ1v) is 7.79. The van der Waals surface area contributed by atoms with Gasteiger partial charge in [0, 0.05) is 0 Å². The van der Waals surface area contributed by atoms with Crippen LogP contribution in [-0.4, -0.2) is 55.5 Å². The Balaban J connectivity index is 0.000000296. The van der Waals surface area contributed by atoms with Crippen LogP contribution in [0, 0.1) is 10.1 Å². The number of carbonyl (C=O) groups is 2. The van der Waals surface area contributed by atoms with Crippen molar-refractivity contribution in [3.8, 4) is 23.0 Å². The number of ether oxygens (including phenoxy) is 4. The third-order valence-corrected chi connectivity index (χ3v) is 3.51. The average molecular weight is 409 g/mol. The van der Waals surface area contributed by atoms with Gasteiger partial charge in [-0.3, -0.25) is 10.1 Å². The van der Waals surface area contributed by atoms with Crippen LogP contribution < -0.4 is 9.47 Å².